The second kappa shape index (κ2) is 21.7. The Balaban J connectivity index is 0.00000331. The van der Waals surface area contributed by atoms with E-state index in [-0.39, 0.29) is 142 Å². The number of sulfonamides is 1. The van der Waals surface area contributed by atoms with Crippen molar-refractivity contribution < 1.29 is 141 Å². The molecule has 1 saturated heterocycles. The molecule has 2 aliphatic carbocycles. The van der Waals surface area contributed by atoms with Crippen molar-refractivity contribution in [3.8, 4) is 0 Å². The molecule has 0 atom stereocenters. The number of benzene rings is 4. The number of amides is 2. The summed E-state index contributed by atoms with van der Waals surface area (Å²) in [5, 5.41) is 28.3. The van der Waals surface area contributed by atoms with E-state index in [9.17, 15) is 37.8 Å². The number of piperidine rings is 1. The summed E-state index contributed by atoms with van der Waals surface area (Å²) in [7, 11) is -4.00. The van der Waals surface area contributed by atoms with Gasteiger partial charge in [-0.1, -0.05) is 42.5 Å². The first-order chi connectivity index (χ1) is 27.5. The number of anilines is 3. The maximum atomic E-state index is 14.1. The number of hydrogen-bond donors (Lipinski definition) is 2. The van der Waals surface area contributed by atoms with Crippen LogP contribution >= 0.6 is 0 Å². The number of nitrogens with one attached hydrogen (secondary N) is 2. The summed E-state index contributed by atoms with van der Waals surface area (Å²) < 4.78 is 29.7. The van der Waals surface area contributed by atoms with E-state index >= 15 is 0 Å². The van der Waals surface area contributed by atoms with Crippen LogP contribution in [0, 0.1) is 5.92 Å². The summed E-state index contributed by atoms with van der Waals surface area (Å²) in [6, 6.07) is 24.8. The molecule has 0 aromatic heterocycles. The van der Waals surface area contributed by atoms with E-state index in [1.54, 1.807) is 24.3 Å². The molecular formula is C44H46K2N4O8S. The molecule has 298 valence electrons. The minimum Gasteiger partial charge on any atom is -0.550 e. The molecule has 7 rings (SSSR count). The Morgan fingerprint density at radius 1 is 0.661 bits per heavy atom. The van der Waals surface area contributed by atoms with Crippen molar-refractivity contribution >= 4 is 50.8 Å². The van der Waals surface area contributed by atoms with Crippen LogP contribution in [0.5, 0.6) is 0 Å². The van der Waals surface area contributed by atoms with Crippen LogP contribution in [0.1, 0.15) is 100.0 Å². The van der Waals surface area contributed by atoms with Crippen LogP contribution in [-0.4, -0.2) is 61.6 Å². The fraction of sp³-hybridized carbons (Fsp3) is 0.364. The number of hydrogen-bond acceptors (Lipinski definition) is 9. The van der Waals surface area contributed by atoms with Crippen LogP contribution in [0.25, 0.3) is 0 Å². The van der Waals surface area contributed by atoms with Gasteiger partial charge in [0.25, 0.3) is 11.8 Å². The molecule has 3 aliphatic rings. The average Bonchev–Trinajstić information content (AvgIpc) is 4.06. The summed E-state index contributed by atoms with van der Waals surface area (Å²) in [6.45, 7) is 1.71. The normalized spacial score (nSPS) is 17.9. The minimum absolute atomic E-state index is 0. The predicted octanol–water partition coefficient (Wildman–Crippen LogP) is -1.20. The predicted molar refractivity (Wildman–Crippen MR) is 212 cm³/mol. The molecule has 0 radical (unpaired) electrons. The van der Waals surface area contributed by atoms with Crippen LogP contribution in [-0.2, 0) is 27.7 Å². The Bertz CT molecular complexity index is 2240. The van der Waals surface area contributed by atoms with E-state index in [1.165, 1.54) is 40.7 Å². The fourth-order valence-corrected chi connectivity index (χ4v) is 9.90. The molecule has 2 amide bonds. The number of nitrogens with zero attached hydrogens (tertiary/aromatic N) is 2. The standard InChI is InChI=1S/C44H48N4O8S.2K/c49-41(33-5-4-6-38(27-33)57(55,56)48(36-21-22-36)35-19-15-32(16-20-35)44(53)54)46-40-24-23-37(47-25-2-1-3-26-47)28-39(40)42(50)45-34-17-11-30(12-18-34)8-7-29-9-13-31(14-10-29)43(51)52;;/h4-6,9-14,17-18,23-24,27-28,32,35-36H,1-3,7-8,15-16,19-22,25-26H2,(H,45,50)(H,46,49)(H,51,52)(H,53,54);;/q;2*+1/p-2. The largest absolute Gasteiger partial charge is 1.00 e. The number of aromatic carboxylic acids is 1. The zero-order valence-corrected chi connectivity index (χ0v) is 40.7. The van der Waals surface area contributed by atoms with Crippen molar-refractivity contribution in [2.24, 2.45) is 5.92 Å². The third kappa shape index (κ3) is 12.2. The number of rotatable bonds is 14. The van der Waals surface area contributed by atoms with Gasteiger partial charge in [-0.3, -0.25) is 9.59 Å². The van der Waals surface area contributed by atoms with E-state index in [0.29, 0.717) is 44.2 Å². The average molecular weight is 869 g/mol. The Kier molecular flexibility index (Phi) is 17.6. The molecule has 0 unspecified atom stereocenters. The van der Waals surface area contributed by atoms with Gasteiger partial charge in [-0.15, -0.1) is 0 Å². The Hall–Kier alpha value is -2.26. The first-order valence-corrected chi connectivity index (χ1v) is 21.2. The van der Waals surface area contributed by atoms with Crippen LogP contribution < -0.4 is 129 Å². The summed E-state index contributed by atoms with van der Waals surface area (Å²) in [6.07, 6.45) is 7.67. The number of aliphatic carboxylic acids is 1. The number of carboxylic acid groups (broad SMARTS) is 2. The van der Waals surface area contributed by atoms with Gasteiger partial charge in [-0.25, -0.2) is 8.42 Å². The SMILES string of the molecule is O=C([O-])c1ccc(CCc2ccc(NC(=O)c3cc(N4CCCCC4)ccc3NC(=O)c3cccc(S(=O)(=O)N(C4CCC(C(=O)[O-])CC4)C4CC4)c3)cc2)cc1.[K+].[K+]. The van der Waals surface area contributed by atoms with Gasteiger partial charge in [0.1, 0.15) is 0 Å². The van der Waals surface area contributed by atoms with Gasteiger partial charge < -0.3 is 35.3 Å². The van der Waals surface area contributed by atoms with Crippen molar-refractivity contribution in [2.45, 2.75) is 87.6 Å². The maximum absolute atomic E-state index is 14.1. The van der Waals surface area contributed by atoms with Gasteiger partial charge in [0, 0.05) is 48.1 Å². The first-order valence-electron chi connectivity index (χ1n) is 19.7. The second-order valence-electron chi connectivity index (χ2n) is 15.3. The molecule has 1 heterocycles. The number of carbonyl (C=O) groups excluding carboxylic acids is 4. The molecule has 3 fully saturated rings. The molecule has 2 saturated carbocycles. The number of aryl methyl sites for hydroxylation is 2. The minimum atomic E-state index is -4.00. The fourth-order valence-electron chi connectivity index (χ4n) is 7.93. The second-order valence-corrected chi connectivity index (χ2v) is 17.1. The Labute approximate surface area is 430 Å². The van der Waals surface area contributed by atoms with Crippen molar-refractivity contribution in [1.82, 2.24) is 4.31 Å². The van der Waals surface area contributed by atoms with Gasteiger partial charge in [-0.05, 0) is 142 Å². The molecule has 59 heavy (non-hydrogen) atoms. The monoisotopic (exact) mass is 868 g/mol. The molecule has 1 aliphatic heterocycles. The van der Waals surface area contributed by atoms with Crippen LogP contribution in [0.4, 0.5) is 17.1 Å². The zero-order valence-electron chi connectivity index (χ0n) is 33.7. The van der Waals surface area contributed by atoms with Crippen molar-refractivity contribution in [1.29, 1.82) is 0 Å². The third-order valence-corrected chi connectivity index (χ3v) is 13.3. The molecule has 12 nitrogen and oxygen atoms in total. The van der Waals surface area contributed by atoms with Crippen LogP contribution in [0.15, 0.2) is 95.9 Å². The van der Waals surface area contributed by atoms with Crippen molar-refractivity contribution in [3.05, 3.63) is 119 Å². The maximum Gasteiger partial charge on any atom is 1.00 e. The smallest absolute Gasteiger partial charge is 0.550 e. The molecule has 4 aromatic carbocycles. The van der Waals surface area contributed by atoms with Gasteiger partial charge in [-0.2, -0.15) is 4.31 Å². The third-order valence-electron chi connectivity index (χ3n) is 11.3. The van der Waals surface area contributed by atoms with Gasteiger partial charge in [0.2, 0.25) is 10.0 Å². The summed E-state index contributed by atoms with van der Waals surface area (Å²) in [4.78, 5) is 52.5. The van der Waals surface area contributed by atoms with E-state index in [0.717, 1.165) is 62.0 Å². The molecule has 0 spiro atoms. The van der Waals surface area contributed by atoms with E-state index in [1.807, 2.05) is 30.3 Å². The summed E-state index contributed by atoms with van der Waals surface area (Å²) in [5.41, 5.74) is 4.23. The quantitative estimate of drug-likeness (QED) is 0.148. The van der Waals surface area contributed by atoms with Gasteiger partial charge in [0.05, 0.1) is 22.1 Å². The number of carboxylic acids is 2. The summed E-state index contributed by atoms with van der Waals surface area (Å²) >= 11 is 0. The summed E-state index contributed by atoms with van der Waals surface area (Å²) in [5.74, 6) is -3.88. The molecule has 15 heteroatoms. The Morgan fingerprint density at radius 3 is 1.83 bits per heavy atom. The first kappa shape index (κ1) is 47.8. The molecule has 0 bridgehead atoms. The van der Waals surface area contributed by atoms with E-state index in [2.05, 4.69) is 15.5 Å². The molecular weight excluding hydrogens is 823 g/mol. The topological polar surface area (TPSA) is 179 Å². The van der Waals surface area contributed by atoms with Crippen molar-refractivity contribution in [2.75, 3.05) is 28.6 Å². The van der Waals surface area contributed by atoms with E-state index in [4.69, 9.17) is 0 Å². The molecule has 2 N–H and O–H groups in total. The Morgan fingerprint density at radius 2 is 1.25 bits per heavy atom. The van der Waals surface area contributed by atoms with Gasteiger partial charge >= 0.3 is 103 Å². The van der Waals surface area contributed by atoms with E-state index < -0.39 is 39.7 Å². The van der Waals surface area contributed by atoms with Gasteiger partial charge in [0.15, 0.2) is 0 Å². The molecule has 4 aromatic rings. The zero-order chi connectivity index (χ0) is 40.1. The van der Waals surface area contributed by atoms with Crippen molar-refractivity contribution in [3.63, 3.8) is 0 Å². The number of carbonyl (C=O) groups is 4. The van der Waals surface area contributed by atoms with Crippen LogP contribution in [0.2, 0.25) is 0 Å². The van der Waals surface area contributed by atoms with Crippen LogP contribution in [0.3, 0.4) is 0 Å².